The summed E-state index contributed by atoms with van der Waals surface area (Å²) >= 11 is 0. The highest BCUT2D eigenvalue weighted by Gasteiger charge is 2.20. The van der Waals surface area contributed by atoms with E-state index in [2.05, 4.69) is 25.2 Å². The van der Waals surface area contributed by atoms with Gasteiger partial charge in [-0.05, 0) is 40.0 Å². The van der Waals surface area contributed by atoms with Gasteiger partial charge in [0.25, 0.3) is 11.6 Å². The van der Waals surface area contributed by atoms with Crippen LogP contribution in [0, 0.1) is 13.1 Å². The highest BCUT2D eigenvalue weighted by Crippen LogP contribution is 2.15. The number of carbonyl (C=O) groups is 1. The molecule has 0 bridgehead atoms. The van der Waals surface area contributed by atoms with Gasteiger partial charge < -0.3 is 24.6 Å². The number of aromatic nitrogens is 4. The fraction of sp³-hybridized carbons (Fsp3) is 0.526. The molecule has 2 aromatic rings. The summed E-state index contributed by atoms with van der Waals surface area (Å²) < 4.78 is 49.9. The van der Waals surface area contributed by atoms with Crippen LogP contribution in [0.5, 0.6) is 0 Å². The first kappa shape index (κ1) is 17.8. The van der Waals surface area contributed by atoms with Crippen LogP contribution in [0.2, 0.25) is 0 Å². The van der Waals surface area contributed by atoms with Gasteiger partial charge in [-0.3, -0.25) is 0 Å². The first-order valence-electron chi connectivity index (χ1n) is 11.5. The van der Waals surface area contributed by atoms with Gasteiger partial charge in [0.05, 0.1) is 40.1 Å². The molecule has 2 heterocycles. The fourth-order valence-electron chi connectivity index (χ4n) is 1.99. The van der Waals surface area contributed by atoms with E-state index < -0.39 is 25.6 Å². The van der Waals surface area contributed by atoms with Crippen LogP contribution in [0.15, 0.2) is 12.1 Å². The van der Waals surface area contributed by atoms with E-state index >= 15 is 0 Å². The minimum absolute atomic E-state index is 0. The average Bonchev–Trinajstić information content (AvgIpc) is 3.31. The van der Waals surface area contributed by atoms with Crippen molar-refractivity contribution in [2.24, 2.45) is 14.0 Å². The zero-order chi connectivity index (χ0) is 27.2. The maximum atomic E-state index is 11.8. The molecule has 0 saturated carbocycles. The van der Waals surface area contributed by atoms with E-state index in [1.54, 1.807) is 27.8 Å². The number of nitrogens with one attached hydrogen (secondary N) is 1. The van der Waals surface area contributed by atoms with E-state index in [-0.39, 0.29) is 32.0 Å². The van der Waals surface area contributed by atoms with Crippen LogP contribution in [0.3, 0.4) is 0 Å². The van der Waals surface area contributed by atoms with E-state index in [4.69, 9.17) is 26.1 Å². The molecule has 0 aromatic carbocycles. The van der Waals surface area contributed by atoms with Crippen LogP contribution in [0.25, 0.3) is 9.69 Å². The molecule has 10 nitrogen and oxygen atoms in total. The lowest BCUT2D eigenvalue weighted by Gasteiger charge is -2.24. The van der Waals surface area contributed by atoms with Crippen molar-refractivity contribution in [1.82, 2.24) is 29.8 Å². The molecule has 0 atom stereocenters. The minimum Gasteiger partial charge on any atom is -0.444 e. The molecule has 30 heavy (non-hydrogen) atoms. The standard InChI is InChI=1S/C12H18N4O2.C7H10N4.ClH.H2/c1-12(2,3)18-11(17)15(5)8-9-7-10(13-4)16(6)14-9;1-8-5-6-4-7(9-2)11(3)10-6;;/h7H,8H2,1-3,5-6H3;4,8H,5H2,1,3H3;2*1H/i6D3;3D3;;. The summed E-state index contributed by atoms with van der Waals surface area (Å²) in [6, 6.07) is 2.82. The van der Waals surface area contributed by atoms with Gasteiger partial charge in [0.1, 0.15) is 5.60 Å². The van der Waals surface area contributed by atoms with Gasteiger partial charge in [-0.1, -0.05) is 13.1 Å². The van der Waals surface area contributed by atoms with Crippen LogP contribution in [0.4, 0.5) is 16.4 Å². The number of aryl methyl sites for hydroxylation is 2. The monoisotopic (exact) mass is 444 g/mol. The predicted molar refractivity (Wildman–Crippen MR) is 119 cm³/mol. The Morgan fingerprint density at radius 3 is 2.13 bits per heavy atom. The van der Waals surface area contributed by atoms with Gasteiger partial charge >= 0.3 is 6.09 Å². The summed E-state index contributed by atoms with van der Waals surface area (Å²) in [5.74, 6) is -0.0576. The lowest BCUT2D eigenvalue weighted by atomic mass is 10.2. The van der Waals surface area contributed by atoms with Crippen molar-refractivity contribution in [2.45, 2.75) is 39.5 Å². The number of halogens is 1. The third-order valence-corrected chi connectivity index (χ3v) is 3.17. The average molecular weight is 445 g/mol. The van der Waals surface area contributed by atoms with E-state index in [0.29, 0.717) is 22.6 Å². The smallest absolute Gasteiger partial charge is 0.410 e. The number of nitrogens with zero attached hydrogens (tertiary/aromatic N) is 7. The van der Waals surface area contributed by atoms with Gasteiger partial charge in [0.2, 0.25) is 0 Å². The second-order valence-corrected chi connectivity index (χ2v) is 6.90. The van der Waals surface area contributed by atoms with Crippen LogP contribution in [-0.2, 0) is 31.8 Å². The van der Waals surface area contributed by atoms with Crippen LogP contribution in [-0.4, -0.2) is 50.3 Å². The van der Waals surface area contributed by atoms with Crippen molar-refractivity contribution in [1.29, 1.82) is 0 Å². The Bertz CT molecular complexity index is 1110. The largest absolute Gasteiger partial charge is 0.444 e. The van der Waals surface area contributed by atoms with Crippen molar-refractivity contribution in [3.05, 3.63) is 46.4 Å². The molecule has 2 aromatic heterocycles. The topological polar surface area (TPSA) is 85.9 Å². The van der Waals surface area contributed by atoms with Gasteiger partial charge in [-0.2, -0.15) is 0 Å². The van der Waals surface area contributed by atoms with Crippen molar-refractivity contribution < 1.29 is 19.2 Å². The highest BCUT2D eigenvalue weighted by atomic mass is 35.5. The van der Waals surface area contributed by atoms with E-state index in [0.717, 1.165) is 4.68 Å². The van der Waals surface area contributed by atoms with E-state index in [1.165, 1.54) is 24.1 Å². The molecular formula is C19H31ClN8O2. The van der Waals surface area contributed by atoms with Gasteiger partial charge in [0, 0.05) is 15.0 Å². The molecule has 11 heteroatoms. The molecule has 166 valence electrons. The molecule has 0 aliphatic rings. The SMILES string of the molecule is Cl.[2H]C([2H])([2H])n1nc(CN(C)C(=O)OC(C)(C)C)cc1[N+]#[C-].[2H]C([2H])([2H])n1nc(CNC)cc1[N+]#[C-].[HH]. The van der Waals surface area contributed by atoms with E-state index in [9.17, 15) is 4.79 Å². The Balaban J connectivity index is 0. The Hall–Kier alpha value is -3.08. The zero-order valence-electron chi connectivity index (χ0n) is 23.4. The van der Waals surface area contributed by atoms with Crippen LogP contribution >= 0.6 is 12.4 Å². The Morgan fingerprint density at radius 2 is 1.73 bits per heavy atom. The first-order valence-corrected chi connectivity index (χ1v) is 8.45. The third-order valence-electron chi connectivity index (χ3n) is 3.17. The lowest BCUT2D eigenvalue weighted by Crippen LogP contribution is -2.33. The molecule has 0 spiro atoms. The summed E-state index contributed by atoms with van der Waals surface area (Å²) in [7, 11) is 3.24. The molecule has 0 fully saturated rings. The number of ether oxygens (including phenoxy) is 1. The maximum absolute atomic E-state index is 11.8. The summed E-state index contributed by atoms with van der Waals surface area (Å²) in [5.41, 5.74) is 0.241. The van der Waals surface area contributed by atoms with Crippen molar-refractivity contribution >= 4 is 30.1 Å². The highest BCUT2D eigenvalue weighted by molar-refractivity contribution is 5.85. The normalized spacial score (nSPS) is 13.8. The second-order valence-electron chi connectivity index (χ2n) is 6.90. The van der Waals surface area contributed by atoms with Crippen molar-refractivity contribution in [3.8, 4) is 0 Å². The molecular weight excluding hydrogens is 408 g/mol. The Kier molecular flexibility index (Phi) is 6.99. The summed E-state index contributed by atoms with van der Waals surface area (Å²) in [4.78, 5) is 19.3. The second kappa shape index (κ2) is 11.8. The fourth-order valence-corrected chi connectivity index (χ4v) is 1.99. The molecule has 0 radical (unpaired) electrons. The summed E-state index contributed by atoms with van der Waals surface area (Å²) in [5, 5.41) is 10.5. The number of rotatable bonds is 4. The predicted octanol–water partition coefficient (Wildman–Crippen LogP) is 3.70. The lowest BCUT2D eigenvalue weighted by molar-refractivity contribution is 0.0283. The van der Waals surface area contributed by atoms with Crippen LogP contribution in [0.1, 0.15) is 41.8 Å². The van der Waals surface area contributed by atoms with Crippen molar-refractivity contribution in [2.75, 3.05) is 14.1 Å². The summed E-state index contributed by atoms with van der Waals surface area (Å²) in [6.45, 7) is 14.6. The molecule has 0 saturated heterocycles. The maximum Gasteiger partial charge on any atom is 0.410 e. The van der Waals surface area contributed by atoms with Crippen molar-refractivity contribution in [3.63, 3.8) is 0 Å². The first-order chi connectivity index (χ1) is 15.9. The zero-order valence-corrected chi connectivity index (χ0v) is 18.2. The Morgan fingerprint density at radius 1 is 1.23 bits per heavy atom. The molecule has 0 aliphatic carbocycles. The summed E-state index contributed by atoms with van der Waals surface area (Å²) in [6.07, 6.45) is -0.546. The number of amides is 1. The Labute approximate surface area is 193 Å². The quantitative estimate of drug-likeness (QED) is 0.726. The van der Waals surface area contributed by atoms with Gasteiger partial charge in [-0.15, -0.1) is 22.6 Å². The number of carbonyl (C=O) groups excluding carboxylic acids is 1. The number of hydrogen-bond acceptors (Lipinski definition) is 5. The van der Waals surface area contributed by atoms with Gasteiger partial charge in [-0.25, -0.2) is 14.2 Å². The minimum atomic E-state index is -2.53. The molecule has 0 unspecified atom stereocenters. The van der Waals surface area contributed by atoms with E-state index in [1.807, 2.05) is 0 Å². The van der Waals surface area contributed by atoms with Crippen LogP contribution < -0.4 is 5.32 Å². The third kappa shape index (κ3) is 8.52. The van der Waals surface area contributed by atoms with Gasteiger partial charge in [0.15, 0.2) is 0 Å². The molecule has 1 N–H and O–H groups in total. The molecule has 2 rings (SSSR count). The number of hydrogen-bond donors (Lipinski definition) is 1. The molecule has 1 amide bonds. The molecule has 0 aliphatic heterocycles.